The second-order valence-electron chi connectivity index (χ2n) is 5.44. The second-order valence-corrected chi connectivity index (χ2v) is 5.44. The monoisotopic (exact) mass is 253 g/mol. The average Bonchev–Trinajstić information content (AvgIpc) is 2.27. The Kier molecular flexibility index (Phi) is 3.59. The van der Waals surface area contributed by atoms with Crippen molar-refractivity contribution in [3.63, 3.8) is 0 Å². The van der Waals surface area contributed by atoms with Crippen LogP contribution in [0.1, 0.15) is 32.4 Å². The molecule has 1 aromatic carbocycles. The van der Waals surface area contributed by atoms with Crippen molar-refractivity contribution in [3.8, 4) is 5.75 Å². The van der Waals surface area contributed by atoms with Crippen molar-refractivity contribution in [1.82, 2.24) is 4.90 Å². The zero-order valence-electron chi connectivity index (χ0n) is 11.1. The molecule has 1 heterocycles. The van der Waals surface area contributed by atoms with Gasteiger partial charge in [0.1, 0.15) is 11.6 Å². The van der Waals surface area contributed by atoms with Crippen molar-refractivity contribution >= 4 is 0 Å². The van der Waals surface area contributed by atoms with Gasteiger partial charge in [0.2, 0.25) is 0 Å². The maximum Gasteiger partial charge on any atom is 0.126 e. The molecule has 0 amide bonds. The van der Waals surface area contributed by atoms with E-state index in [-0.39, 0.29) is 17.3 Å². The third-order valence-electron chi connectivity index (χ3n) is 3.62. The van der Waals surface area contributed by atoms with E-state index in [0.29, 0.717) is 13.2 Å². The van der Waals surface area contributed by atoms with Gasteiger partial charge in [0.15, 0.2) is 0 Å². The highest BCUT2D eigenvalue weighted by Crippen LogP contribution is 2.34. The summed E-state index contributed by atoms with van der Waals surface area (Å²) in [5.74, 6) is -0.394. The molecule has 0 aliphatic carbocycles. The molecular weight excluding hydrogens is 233 g/mol. The lowest BCUT2D eigenvalue weighted by atomic mass is 9.96. The predicted molar refractivity (Wildman–Crippen MR) is 68.1 cm³/mol. The van der Waals surface area contributed by atoms with Crippen molar-refractivity contribution < 1.29 is 14.2 Å². The van der Waals surface area contributed by atoms with Gasteiger partial charge in [-0.2, -0.15) is 0 Å². The summed E-state index contributed by atoms with van der Waals surface area (Å²) in [5, 5.41) is 9.86. The van der Waals surface area contributed by atoms with Gasteiger partial charge in [-0.25, -0.2) is 4.39 Å². The molecule has 1 unspecified atom stereocenters. The van der Waals surface area contributed by atoms with Gasteiger partial charge in [0, 0.05) is 29.8 Å². The summed E-state index contributed by atoms with van der Waals surface area (Å²) in [4.78, 5) is 2.28. The summed E-state index contributed by atoms with van der Waals surface area (Å²) in [6.45, 7) is 8.42. The molecule has 0 bridgehead atoms. The van der Waals surface area contributed by atoms with Crippen LogP contribution in [0.3, 0.4) is 0 Å². The van der Waals surface area contributed by atoms with E-state index in [9.17, 15) is 9.50 Å². The van der Waals surface area contributed by atoms with Crippen LogP contribution < -0.4 is 0 Å². The van der Waals surface area contributed by atoms with Crippen molar-refractivity contribution in [2.24, 2.45) is 0 Å². The Labute approximate surface area is 107 Å². The van der Waals surface area contributed by atoms with E-state index in [1.165, 1.54) is 12.1 Å². The lowest BCUT2D eigenvalue weighted by Gasteiger charge is -2.45. The first kappa shape index (κ1) is 13.3. The lowest BCUT2D eigenvalue weighted by molar-refractivity contribution is -0.0698. The first-order valence-corrected chi connectivity index (χ1v) is 6.25. The average molecular weight is 253 g/mol. The minimum absolute atomic E-state index is 0.0183. The molecule has 3 nitrogen and oxygen atoms in total. The Bertz CT molecular complexity index is 434. The topological polar surface area (TPSA) is 32.7 Å². The van der Waals surface area contributed by atoms with Gasteiger partial charge < -0.3 is 9.84 Å². The zero-order valence-corrected chi connectivity index (χ0v) is 11.1. The molecule has 1 saturated heterocycles. The number of nitrogens with zero attached hydrogens (tertiary/aromatic N) is 1. The summed E-state index contributed by atoms with van der Waals surface area (Å²) in [5.41, 5.74) is 0.671. The zero-order chi connectivity index (χ0) is 13.3. The lowest BCUT2D eigenvalue weighted by Crippen LogP contribution is -2.53. The molecule has 0 aromatic heterocycles. The van der Waals surface area contributed by atoms with E-state index in [0.717, 1.165) is 12.1 Å². The highest BCUT2D eigenvalue weighted by atomic mass is 19.1. The van der Waals surface area contributed by atoms with E-state index in [2.05, 4.69) is 18.7 Å². The summed E-state index contributed by atoms with van der Waals surface area (Å²) in [6, 6.07) is 4.24. The van der Waals surface area contributed by atoms with Crippen LogP contribution >= 0.6 is 0 Å². The third kappa shape index (κ3) is 2.49. The van der Waals surface area contributed by atoms with Gasteiger partial charge in [-0.15, -0.1) is 0 Å². The van der Waals surface area contributed by atoms with Gasteiger partial charge in [-0.05, 0) is 26.8 Å². The smallest absolute Gasteiger partial charge is 0.126 e. The SMILES string of the molecule is CC(c1ccc(F)cc1O)N1CCOCC1(C)C. The third-order valence-corrected chi connectivity index (χ3v) is 3.62. The molecule has 100 valence electrons. The standard InChI is InChI=1S/C14H20FNO2/c1-10(12-5-4-11(15)8-13(12)17)16-6-7-18-9-14(16,2)3/h4-5,8,10,17H,6-7,9H2,1-3H3. The fourth-order valence-electron chi connectivity index (χ4n) is 2.63. The van der Waals surface area contributed by atoms with Gasteiger partial charge in [0.05, 0.1) is 13.2 Å². The number of benzene rings is 1. The minimum atomic E-state index is -0.412. The van der Waals surface area contributed by atoms with E-state index in [1.807, 2.05) is 6.92 Å². The Balaban J connectivity index is 2.27. The molecule has 4 heteroatoms. The Morgan fingerprint density at radius 2 is 2.17 bits per heavy atom. The van der Waals surface area contributed by atoms with Crippen LogP contribution in [0.2, 0.25) is 0 Å². The highest BCUT2D eigenvalue weighted by molar-refractivity contribution is 5.35. The summed E-state index contributed by atoms with van der Waals surface area (Å²) in [6.07, 6.45) is 0. The van der Waals surface area contributed by atoms with E-state index >= 15 is 0 Å². The fraction of sp³-hybridized carbons (Fsp3) is 0.571. The first-order chi connectivity index (χ1) is 8.42. The normalized spacial score (nSPS) is 21.8. The second kappa shape index (κ2) is 4.86. The van der Waals surface area contributed by atoms with Gasteiger partial charge in [-0.1, -0.05) is 6.07 Å². The summed E-state index contributed by atoms with van der Waals surface area (Å²) >= 11 is 0. The van der Waals surface area contributed by atoms with E-state index in [1.54, 1.807) is 6.07 Å². The maximum absolute atomic E-state index is 13.0. The van der Waals surface area contributed by atoms with Crippen molar-refractivity contribution in [2.45, 2.75) is 32.4 Å². The molecule has 1 N–H and O–H groups in total. The quantitative estimate of drug-likeness (QED) is 0.879. The first-order valence-electron chi connectivity index (χ1n) is 6.25. The number of halogens is 1. The Morgan fingerprint density at radius 3 is 2.78 bits per heavy atom. The van der Waals surface area contributed by atoms with Crippen LogP contribution in [0, 0.1) is 5.82 Å². The number of phenols is 1. The number of hydrogen-bond acceptors (Lipinski definition) is 3. The van der Waals surface area contributed by atoms with Crippen LogP contribution in [0.4, 0.5) is 4.39 Å². The number of hydrogen-bond donors (Lipinski definition) is 1. The van der Waals surface area contributed by atoms with Gasteiger partial charge >= 0.3 is 0 Å². The van der Waals surface area contributed by atoms with E-state index < -0.39 is 5.82 Å². The molecule has 1 fully saturated rings. The fourth-order valence-corrected chi connectivity index (χ4v) is 2.63. The predicted octanol–water partition coefficient (Wildman–Crippen LogP) is 2.70. The number of morpholine rings is 1. The Hall–Kier alpha value is -1.13. The molecule has 1 aromatic rings. The van der Waals surface area contributed by atoms with Crippen LogP contribution in [-0.4, -0.2) is 35.3 Å². The molecule has 1 aliphatic rings. The molecular formula is C14H20FNO2. The van der Waals surface area contributed by atoms with Crippen molar-refractivity contribution in [2.75, 3.05) is 19.8 Å². The van der Waals surface area contributed by atoms with Crippen LogP contribution in [0.25, 0.3) is 0 Å². The number of rotatable bonds is 2. The van der Waals surface area contributed by atoms with Crippen LogP contribution in [-0.2, 0) is 4.74 Å². The summed E-state index contributed by atoms with van der Waals surface area (Å²) < 4.78 is 18.5. The molecule has 1 aliphatic heterocycles. The van der Waals surface area contributed by atoms with Crippen LogP contribution in [0.5, 0.6) is 5.75 Å². The van der Waals surface area contributed by atoms with Crippen molar-refractivity contribution in [3.05, 3.63) is 29.6 Å². The number of aromatic hydroxyl groups is 1. The molecule has 1 atom stereocenters. The maximum atomic E-state index is 13.0. The summed E-state index contributed by atoms with van der Waals surface area (Å²) in [7, 11) is 0. The minimum Gasteiger partial charge on any atom is -0.508 e. The molecule has 0 radical (unpaired) electrons. The highest BCUT2D eigenvalue weighted by Gasteiger charge is 2.35. The Morgan fingerprint density at radius 1 is 1.44 bits per heavy atom. The molecule has 0 spiro atoms. The number of phenolic OH excluding ortho intramolecular Hbond substituents is 1. The van der Waals surface area contributed by atoms with Gasteiger partial charge in [0.25, 0.3) is 0 Å². The van der Waals surface area contributed by atoms with Crippen LogP contribution in [0.15, 0.2) is 18.2 Å². The van der Waals surface area contributed by atoms with Crippen molar-refractivity contribution in [1.29, 1.82) is 0 Å². The van der Waals surface area contributed by atoms with E-state index in [4.69, 9.17) is 4.74 Å². The molecule has 0 saturated carbocycles. The largest absolute Gasteiger partial charge is 0.508 e. The number of ether oxygens (including phenoxy) is 1. The molecule has 18 heavy (non-hydrogen) atoms. The molecule has 2 rings (SSSR count). The van der Waals surface area contributed by atoms with Gasteiger partial charge in [-0.3, -0.25) is 4.90 Å².